The molecular formula is C22H23Cl2NO3S. The van der Waals surface area contributed by atoms with Crippen LogP contribution in [0, 0.1) is 5.92 Å². The van der Waals surface area contributed by atoms with E-state index in [2.05, 4.69) is 12.2 Å². The van der Waals surface area contributed by atoms with Crippen molar-refractivity contribution in [2.75, 3.05) is 5.32 Å². The van der Waals surface area contributed by atoms with Crippen molar-refractivity contribution < 1.29 is 14.3 Å². The van der Waals surface area contributed by atoms with E-state index >= 15 is 0 Å². The summed E-state index contributed by atoms with van der Waals surface area (Å²) in [6, 6.07) is 5.07. The van der Waals surface area contributed by atoms with Crippen LogP contribution in [-0.2, 0) is 22.4 Å². The number of ether oxygens (including phenoxy) is 1. The summed E-state index contributed by atoms with van der Waals surface area (Å²) in [5.41, 5.74) is 2.20. The van der Waals surface area contributed by atoms with Crippen molar-refractivity contribution in [1.29, 1.82) is 0 Å². The number of hydrogen-bond donors (Lipinski definition) is 1. The maximum absolute atomic E-state index is 12.7. The molecule has 0 saturated heterocycles. The normalized spacial score (nSPS) is 16.1. The second-order valence-electron chi connectivity index (χ2n) is 7.50. The standard InChI is InChI=1S/C22H23Cl2NO3S/c1-12(2)28-22(27)20-16-8-4-13(3)10-18(16)29-21(20)25-19(26)9-6-14-5-7-15(23)11-17(14)24/h5-7,9,11-13H,4,8,10H2,1-3H3,(H,25,26)/b9-6-/t13-/m0/s1. The van der Waals surface area contributed by atoms with Crippen LogP contribution < -0.4 is 5.32 Å². The molecule has 7 heteroatoms. The predicted molar refractivity (Wildman–Crippen MR) is 120 cm³/mol. The third-order valence-corrected chi connectivity index (χ3v) is 6.40. The summed E-state index contributed by atoms with van der Waals surface area (Å²) in [6.07, 6.45) is 5.55. The van der Waals surface area contributed by atoms with Gasteiger partial charge in [0, 0.05) is 21.0 Å². The van der Waals surface area contributed by atoms with Crippen molar-refractivity contribution in [1.82, 2.24) is 0 Å². The molecule has 154 valence electrons. The zero-order chi connectivity index (χ0) is 21.1. The Morgan fingerprint density at radius 2 is 2.07 bits per heavy atom. The fourth-order valence-electron chi connectivity index (χ4n) is 3.28. The van der Waals surface area contributed by atoms with E-state index in [1.165, 1.54) is 17.4 Å². The first-order chi connectivity index (χ1) is 13.7. The number of nitrogens with one attached hydrogen (secondary N) is 1. The number of carbonyl (C=O) groups excluding carboxylic acids is 2. The molecule has 29 heavy (non-hydrogen) atoms. The molecule has 4 nitrogen and oxygen atoms in total. The van der Waals surface area contributed by atoms with Crippen LogP contribution in [0.15, 0.2) is 24.3 Å². The molecule has 1 heterocycles. The van der Waals surface area contributed by atoms with Gasteiger partial charge in [-0.2, -0.15) is 0 Å². The number of esters is 1. The summed E-state index contributed by atoms with van der Waals surface area (Å²) in [4.78, 5) is 26.4. The molecule has 0 aliphatic heterocycles. The molecule has 0 radical (unpaired) electrons. The van der Waals surface area contributed by atoms with Crippen LogP contribution in [0.2, 0.25) is 10.0 Å². The molecule has 1 aliphatic rings. The minimum absolute atomic E-state index is 0.226. The molecular weight excluding hydrogens is 429 g/mol. The Morgan fingerprint density at radius 1 is 1.31 bits per heavy atom. The summed E-state index contributed by atoms with van der Waals surface area (Å²) < 4.78 is 5.43. The molecule has 0 spiro atoms. The molecule has 3 rings (SSSR count). The molecule has 0 bridgehead atoms. The maximum Gasteiger partial charge on any atom is 0.341 e. The first-order valence-corrected chi connectivity index (χ1v) is 11.1. The largest absolute Gasteiger partial charge is 0.459 e. The van der Waals surface area contributed by atoms with Gasteiger partial charge in [0.2, 0.25) is 5.91 Å². The van der Waals surface area contributed by atoms with E-state index in [1.54, 1.807) is 24.3 Å². The molecule has 2 aromatic rings. The highest BCUT2D eigenvalue weighted by Crippen LogP contribution is 2.40. The number of benzene rings is 1. The van der Waals surface area contributed by atoms with Crippen LogP contribution in [0.25, 0.3) is 6.08 Å². The van der Waals surface area contributed by atoms with E-state index in [0.717, 1.165) is 29.7 Å². The topological polar surface area (TPSA) is 55.4 Å². The van der Waals surface area contributed by atoms with Gasteiger partial charge in [-0.25, -0.2) is 4.79 Å². The van der Waals surface area contributed by atoms with E-state index in [1.807, 2.05) is 13.8 Å². The number of anilines is 1. The van der Waals surface area contributed by atoms with Crippen molar-refractivity contribution in [2.45, 2.75) is 46.1 Å². The Bertz CT molecular complexity index is 965. The first-order valence-electron chi connectivity index (χ1n) is 9.54. The number of hydrogen-bond acceptors (Lipinski definition) is 4. The Labute approximate surface area is 184 Å². The van der Waals surface area contributed by atoms with Crippen molar-refractivity contribution >= 4 is 57.5 Å². The number of carbonyl (C=O) groups is 2. The van der Waals surface area contributed by atoms with E-state index in [9.17, 15) is 9.59 Å². The van der Waals surface area contributed by atoms with E-state index in [4.69, 9.17) is 27.9 Å². The highest BCUT2D eigenvalue weighted by atomic mass is 35.5. The van der Waals surface area contributed by atoms with Gasteiger partial charge in [-0.3, -0.25) is 4.79 Å². The van der Waals surface area contributed by atoms with Gasteiger partial charge < -0.3 is 10.1 Å². The molecule has 1 aromatic heterocycles. The third-order valence-electron chi connectivity index (χ3n) is 4.67. The zero-order valence-corrected chi connectivity index (χ0v) is 18.9. The highest BCUT2D eigenvalue weighted by Gasteiger charge is 2.29. The molecule has 1 aliphatic carbocycles. The first kappa shape index (κ1) is 21.9. The lowest BCUT2D eigenvalue weighted by atomic mass is 9.88. The highest BCUT2D eigenvalue weighted by molar-refractivity contribution is 7.17. The van der Waals surface area contributed by atoms with Gasteiger partial charge in [0.15, 0.2) is 0 Å². The minimum Gasteiger partial charge on any atom is -0.459 e. The summed E-state index contributed by atoms with van der Waals surface area (Å²) in [7, 11) is 0. The van der Waals surface area contributed by atoms with Crippen molar-refractivity contribution in [3.8, 4) is 0 Å². The van der Waals surface area contributed by atoms with Crippen molar-refractivity contribution in [2.24, 2.45) is 5.92 Å². The van der Waals surface area contributed by atoms with Gasteiger partial charge in [0.25, 0.3) is 0 Å². The molecule has 1 aromatic carbocycles. The Morgan fingerprint density at radius 3 is 2.76 bits per heavy atom. The molecule has 0 fully saturated rings. The smallest absolute Gasteiger partial charge is 0.341 e. The lowest BCUT2D eigenvalue weighted by Crippen LogP contribution is -2.18. The molecule has 1 amide bonds. The van der Waals surface area contributed by atoms with Crippen molar-refractivity contribution in [3.05, 3.63) is 55.9 Å². The van der Waals surface area contributed by atoms with Crippen LogP contribution in [0.5, 0.6) is 0 Å². The minimum atomic E-state index is -0.382. The number of halogens is 2. The fourth-order valence-corrected chi connectivity index (χ4v) is 5.16. The average Bonchev–Trinajstić information content (AvgIpc) is 2.97. The van der Waals surface area contributed by atoms with Gasteiger partial charge in [-0.1, -0.05) is 36.2 Å². The second-order valence-corrected chi connectivity index (χ2v) is 9.45. The van der Waals surface area contributed by atoms with Gasteiger partial charge >= 0.3 is 5.97 Å². The Hall–Kier alpha value is -1.82. The van der Waals surface area contributed by atoms with Crippen LogP contribution >= 0.6 is 34.5 Å². The number of thiophene rings is 1. The average molecular weight is 452 g/mol. The van der Waals surface area contributed by atoms with Crippen LogP contribution in [0.1, 0.15) is 53.6 Å². The number of amides is 1. The number of rotatable bonds is 5. The van der Waals surface area contributed by atoms with Crippen LogP contribution in [0.3, 0.4) is 0 Å². The van der Waals surface area contributed by atoms with E-state index in [0.29, 0.717) is 32.1 Å². The molecule has 1 N–H and O–H groups in total. The molecule has 0 unspecified atom stereocenters. The Kier molecular flexibility index (Phi) is 7.04. The summed E-state index contributed by atoms with van der Waals surface area (Å²) in [5.74, 6) is -0.154. The van der Waals surface area contributed by atoms with Gasteiger partial charge in [-0.15, -0.1) is 11.3 Å². The maximum atomic E-state index is 12.7. The monoisotopic (exact) mass is 451 g/mol. The van der Waals surface area contributed by atoms with Crippen molar-refractivity contribution in [3.63, 3.8) is 0 Å². The third kappa shape index (κ3) is 5.41. The molecule has 0 saturated carbocycles. The van der Waals surface area contributed by atoms with E-state index in [-0.39, 0.29) is 18.0 Å². The van der Waals surface area contributed by atoms with Gasteiger partial charge in [0.1, 0.15) is 5.00 Å². The lowest BCUT2D eigenvalue weighted by molar-refractivity contribution is -0.111. The summed E-state index contributed by atoms with van der Waals surface area (Å²) >= 11 is 13.5. The fraction of sp³-hybridized carbons (Fsp3) is 0.364. The SMILES string of the molecule is CC(C)OC(=O)c1c(NC(=O)/C=C\c2ccc(Cl)cc2Cl)sc2c1CC[C@H](C)C2. The summed E-state index contributed by atoms with van der Waals surface area (Å²) in [6.45, 7) is 5.83. The molecule has 1 atom stereocenters. The summed E-state index contributed by atoms with van der Waals surface area (Å²) in [5, 5.41) is 4.40. The zero-order valence-electron chi connectivity index (χ0n) is 16.6. The van der Waals surface area contributed by atoms with E-state index < -0.39 is 0 Å². The Balaban J connectivity index is 1.84. The van der Waals surface area contributed by atoms with Gasteiger partial charge in [0.05, 0.1) is 11.7 Å². The van der Waals surface area contributed by atoms with Gasteiger partial charge in [-0.05, 0) is 68.4 Å². The number of fused-ring (bicyclic) bond motifs is 1. The predicted octanol–water partition coefficient (Wildman–Crippen LogP) is 6.40. The quantitative estimate of drug-likeness (QED) is 0.422. The second kappa shape index (κ2) is 9.33. The lowest BCUT2D eigenvalue weighted by Gasteiger charge is -2.18. The van der Waals surface area contributed by atoms with Crippen LogP contribution in [0.4, 0.5) is 5.00 Å². The van der Waals surface area contributed by atoms with Crippen LogP contribution in [-0.4, -0.2) is 18.0 Å².